The summed E-state index contributed by atoms with van der Waals surface area (Å²) >= 11 is 6.35. The molecule has 1 atom stereocenters. The second-order valence-electron chi connectivity index (χ2n) is 10.3. The molecule has 2 heterocycles. The van der Waals surface area contributed by atoms with Crippen molar-refractivity contribution in [2.24, 2.45) is 5.92 Å². The molecule has 0 saturated carbocycles. The van der Waals surface area contributed by atoms with Crippen LogP contribution in [0.2, 0.25) is 5.02 Å². The first kappa shape index (κ1) is 32.1. The van der Waals surface area contributed by atoms with Crippen LogP contribution in [0.25, 0.3) is 0 Å². The van der Waals surface area contributed by atoms with Crippen molar-refractivity contribution >= 4 is 35.0 Å². The first-order valence-electron chi connectivity index (χ1n) is 13.3. The van der Waals surface area contributed by atoms with Gasteiger partial charge >= 0.3 is 6.18 Å². The van der Waals surface area contributed by atoms with E-state index < -0.39 is 52.5 Å². The Hall–Kier alpha value is -3.84. The lowest BCUT2D eigenvalue weighted by molar-refractivity contribution is -0.137. The average Bonchev–Trinajstić information content (AvgIpc) is 3.29. The Balaban J connectivity index is 1.80. The fourth-order valence-corrected chi connectivity index (χ4v) is 5.16. The van der Waals surface area contributed by atoms with E-state index >= 15 is 0 Å². The molecular formula is C29H28ClF5N4O4. The molecule has 43 heavy (non-hydrogen) atoms. The molecule has 4 rings (SSSR count). The minimum Gasteiger partial charge on any atom is -0.381 e. The number of hydrogen-bond acceptors (Lipinski definition) is 5. The van der Waals surface area contributed by atoms with Gasteiger partial charge in [-0.3, -0.25) is 14.4 Å². The van der Waals surface area contributed by atoms with Crippen LogP contribution in [-0.2, 0) is 22.3 Å². The highest BCUT2D eigenvalue weighted by atomic mass is 35.5. The average molecular weight is 627 g/mol. The molecule has 1 fully saturated rings. The third-order valence-electron chi connectivity index (χ3n) is 7.04. The number of ether oxygens (including phenoxy) is 1. The molecule has 1 aliphatic heterocycles. The van der Waals surface area contributed by atoms with Crippen LogP contribution in [0.3, 0.4) is 0 Å². The highest BCUT2D eigenvalue weighted by Gasteiger charge is 2.33. The van der Waals surface area contributed by atoms with E-state index in [4.69, 9.17) is 16.3 Å². The fourth-order valence-electron chi connectivity index (χ4n) is 4.88. The number of aromatic nitrogens is 2. The largest absolute Gasteiger partial charge is 0.416 e. The number of ketones is 1. The van der Waals surface area contributed by atoms with Crippen LogP contribution in [0.1, 0.15) is 70.4 Å². The molecule has 1 saturated heterocycles. The van der Waals surface area contributed by atoms with Crippen LogP contribution in [0, 0.1) is 17.6 Å². The van der Waals surface area contributed by atoms with Crippen LogP contribution < -0.4 is 10.6 Å². The third kappa shape index (κ3) is 7.77. The topological polar surface area (TPSA) is 102 Å². The molecule has 2 aromatic carbocycles. The Kier molecular flexibility index (Phi) is 9.86. The number of Topliss-reactive ketones (excluding diaryl/α,β-unsaturated/α-hetero) is 1. The molecule has 8 nitrogen and oxygen atoms in total. The second-order valence-corrected chi connectivity index (χ2v) is 10.7. The van der Waals surface area contributed by atoms with Gasteiger partial charge in [-0.05, 0) is 67.6 Å². The molecular weight excluding hydrogens is 599 g/mol. The maximum atomic E-state index is 14.2. The van der Waals surface area contributed by atoms with Crippen molar-refractivity contribution in [2.45, 2.75) is 45.3 Å². The number of hydrogen-bond donors (Lipinski definition) is 2. The van der Waals surface area contributed by atoms with Gasteiger partial charge in [-0.1, -0.05) is 18.5 Å². The minimum atomic E-state index is -4.93. The molecule has 3 aromatic rings. The first-order chi connectivity index (χ1) is 20.2. The molecule has 1 aliphatic rings. The van der Waals surface area contributed by atoms with Crippen LogP contribution in [-0.4, -0.2) is 46.9 Å². The smallest absolute Gasteiger partial charge is 0.381 e. The van der Waals surface area contributed by atoms with Gasteiger partial charge < -0.3 is 19.9 Å². The van der Waals surface area contributed by atoms with E-state index in [1.165, 1.54) is 17.6 Å². The lowest BCUT2D eigenvalue weighted by atomic mass is 9.96. The Labute approximate surface area is 248 Å². The van der Waals surface area contributed by atoms with Crippen molar-refractivity contribution in [1.82, 2.24) is 14.9 Å². The Morgan fingerprint density at radius 2 is 1.77 bits per heavy atom. The summed E-state index contributed by atoms with van der Waals surface area (Å²) in [5.74, 6) is -5.50. The number of nitrogens with zero attached hydrogens (tertiary/aromatic N) is 2. The van der Waals surface area contributed by atoms with E-state index in [2.05, 4.69) is 15.6 Å². The molecule has 0 spiro atoms. The first-order valence-corrected chi connectivity index (χ1v) is 13.7. The van der Waals surface area contributed by atoms with Gasteiger partial charge in [0.15, 0.2) is 5.82 Å². The zero-order chi connectivity index (χ0) is 31.5. The Morgan fingerprint density at radius 3 is 2.42 bits per heavy atom. The van der Waals surface area contributed by atoms with Gasteiger partial charge in [-0.2, -0.15) is 13.2 Å². The number of carbonyl (C=O) groups is 3. The standard InChI is InChI=1S/C29H28ClF5N4O4/c1-15(40)14-39-24(16(2)22-12-20(31)3-4-23(22)30)25(37-26(39)28(42)36-13-17-5-7-43-8-6-17)38-27(41)18-9-19(29(33,34)35)11-21(32)10-18/h3-4,9-12,16-17H,5-8,13-14H2,1-2H3,(H,36,42)(H,38,41)/t16-/m0/s1. The zero-order valence-electron chi connectivity index (χ0n) is 23.2. The number of anilines is 1. The monoisotopic (exact) mass is 626 g/mol. The van der Waals surface area contributed by atoms with Crippen LogP contribution in [0.4, 0.5) is 27.8 Å². The second kappa shape index (κ2) is 13.2. The van der Waals surface area contributed by atoms with Crippen molar-refractivity contribution in [3.8, 4) is 0 Å². The van der Waals surface area contributed by atoms with E-state index in [0.717, 1.165) is 25.0 Å². The van der Waals surface area contributed by atoms with E-state index in [0.29, 0.717) is 25.3 Å². The van der Waals surface area contributed by atoms with Crippen molar-refractivity contribution in [2.75, 3.05) is 25.1 Å². The summed E-state index contributed by atoms with van der Waals surface area (Å²) < 4.78 is 74.8. The minimum absolute atomic E-state index is 0.0553. The van der Waals surface area contributed by atoms with E-state index in [-0.39, 0.29) is 53.0 Å². The molecule has 14 heteroatoms. The molecule has 2 amide bonds. The normalized spacial score (nSPS) is 14.8. The molecule has 1 aromatic heterocycles. The number of amides is 2. The van der Waals surface area contributed by atoms with Crippen molar-refractivity contribution in [1.29, 1.82) is 0 Å². The van der Waals surface area contributed by atoms with E-state index in [1.54, 1.807) is 6.92 Å². The maximum absolute atomic E-state index is 14.2. The third-order valence-corrected chi connectivity index (χ3v) is 7.38. The predicted octanol–water partition coefficient (Wildman–Crippen LogP) is 5.98. The van der Waals surface area contributed by atoms with Crippen molar-refractivity contribution < 1.29 is 41.1 Å². The molecule has 0 radical (unpaired) electrons. The van der Waals surface area contributed by atoms with Gasteiger partial charge in [0.25, 0.3) is 11.8 Å². The Morgan fingerprint density at radius 1 is 1.07 bits per heavy atom. The van der Waals surface area contributed by atoms with Gasteiger partial charge in [-0.15, -0.1) is 0 Å². The van der Waals surface area contributed by atoms with Crippen LogP contribution in [0.5, 0.6) is 0 Å². The number of nitrogens with one attached hydrogen (secondary N) is 2. The van der Waals surface area contributed by atoms with Crippen molar-refractivity contribution in [3.05, 3.63) is 81.3 Å². The van der Waals surface area contributed by atoms with Gasteiger partial charge in [0.05, 0.1) is 17.8 Å². The summed E-state index contributed by atoms with van der Waals surface area (Å²) in [6.07, 6.45) is -3.49. The van der Waals surface area contributed by atoms with E-state index in [9.17, 15) is 36.3 Å². The van der Waals surface area contributed by atoms with Crippen molar-refractivity contribution in [3.63, 3.8) is 0 Å². The van der Waals surface area contributed by atoms with Gasteiger partial charge in [0, 0.05) is 36.3 Å². The summed E-state index contributed by atoms with van der Waals surface area (Å²) in [6.45, 7) is 3.81. The number of carbonyl (C=O) groups excluding carboxylic acids is 3. The summed E-state index contributed by atoms with van der Waals surface area (Å²) in [5.41, 5.74) is -1.77. The summed E-state index contributed by atoms with van der Waals surface area (Å²) in [4.78, 5) is 43.1. The lowest BCUT2D eigenvalue weighted by Gasteiger charge is -2.22. The number of rotatable bonds is 9. The molecule has 2 N–H and O–H groups in total. The van der Waals surface area contributed by atoms with Gasteiger partial charge in [0.1, 0.15) is 17.4 Å². The summed E-state index contributed by atoms with van der Waals surface area (Å²) in [7, 11) is 0. The maximum Gasteiger partial charge on any atom is 0.416 e. The highest BCUT2D eigenvalue weighted by Crippen LogP contribution is 2.36. The van der Waals surface area contributed by atoms with Crippen LogP contribution in [0.15, 0.2) is 36.4 Å². The summed E-state index contributed by atoms with van der Waals surface area (Å²) in [5, 5.41) is 5.27. The SMILES string of the molecule is CC(=O)Cn1c(C(=O)NCC2CCOCC2)nc(NC(=O)c2cc(F)cc(C(F)(F)F)c2)c1[C@@H](C)c1cc(F)ccc1Cl. The number of imidazole rings is 1. The quantitative estimate of drug-likeness (QED) is 0.285. The zero-order valence-corrected chi connectivity index (χ0v) is 23.9. The highest BCUT2D eigenvalue weighted by molar-refractivity contribution is 6.31. The number of halogens is 6. The molecule has 0 unspecified atom stereocenters. The molecule has 230 valence electrons. The predicted molar refractivity (Wildman–Crippen MR) is 147 cm³/mol. The molecule has 0 aliphatic carbocycles. The van der Waals surface area contributed by atoms with Crippen LogP contribution >= 0.6 is 11.6 Å². The fraction of sp³-hybridized carbons (Fsp3) is 0.379. The summed E-state index contributed by atoms with van der Waals surface area (Å²) in [6, 6.07) is 4.91. The Bertz CT molecular complexity index is 1540. The van der Waals surface area contributed by atoms with E-state index in [1.807, 2.05) is 0 Å². The van der Waals surface area contributed by atoms with Gasteiger partial charge in [0.2, 0.25) is 5.82 Å². The molecule has 0 bridgehead atoms. The lowest BCUT2D eigenvalue weighted by Crippen LogP contribution is -2.34. The number of alkyl halides is 3. The number of benzene rings is 2. The van der Waals surface area contributed by atoms with Gasteiger partial charge in [-0.25, -0.2) is 13.8 Å².